The molecule has 0 aromatic heterocycles. The molecular formula is C39H47F2N11O15S2. The lowest BCUT2D eigenvalue weighted by Crippen LogP contribution is -2.58. The quantitative estimate of drug-likeness (QED) is 0.0575. The second-order valence-corrected chi connectivity index (χ2v) is 17.9. The number of nitrogens with one attached hydrogen (secondary N) is 7. The maximum Gasteiger partial charge on any atom is 0.310 e. The predicted molar refractivity (Wildman–Crippen MR) is 235 cm³/mol. The second-order valence-electron chi connectivity index (χ2n) is 15.4. The maximum atomic E-state index is 14.0. The lowest BCUT2D eigenvalue weighted by molar-refractivity contribution is -0.385. The molecule has 0 spiro atoms. The predicted octanol–water partition coefficient (Wildman–Crippen LogP) is -4.36. The number of amides is 9. The van der Waals surface area contributed by atoms with Gasteiger partial charge in [-0.3, -0.25) is 58.1 Å². The van der Waals surface area contributed by atoms with Crippen LogP contribution in [0.1, 0.15) is 30.4 Å². The van der Waals surface area contributed by atoms with E-state index in [-0.39, 0.29) is 35.6 Å². The van der Waals surface area contributed by atoms with Crippen molar-refractivity contribution < 1.29 is 77.0 Å². The molecule has 2 aromatic rings. The number of phenolic OH excluding ortho intramolecular Hbond substituents is 1. The number of halogens is 2. The third-order valence-corrected chi connectivity index (χ3v) is 12.6. The molecule has 0 saturated carbocycles. The minimum atomic E-state index is -1.87. The molecule has 14 N–H and O–H groups in total. The van der Waals surface area contributed by atoms with Crippen LogP contribution >= 0.6 is 21.6 Å². The van der Waals surface area contributed by atoms with Crippen molar-refractivity contribution in [3.63, 3.8) is 0 Å². The Bertz CT molecular complexity index is 2350. The zero-order valence-electron chi connectivity index (χ0n) is 35.9. The van der Waals surface area contributed by atoms with Crippen LogP contribution in [-0.4, -0.2) is 158 Å². The number of aliphatic hydroxyl groups excluding tert-OH is 1. The van der Waals surface area contributed by atoms with Crippen LogP contribution < -0.4 is 48.7 Å². The molecule has 0 unspecified atom stereocenters. The molecule has 2 saturated heterocycles. The first-order chi connectivity index (χ1) is 32.5. The highest BCUT2D eigenvalue weighted by Crippen LogP contribution is 2.27. The Morgan fingerprint density at radius 3 is 2.09 bits per heavy atom. The van der Waals surface area contributed by atoms with E-state index in [1.807, 2.05) is 0 Å². The van der Waals surface area contributed by atoms with Crippen molar-refractivity contribution in [3.8, 4) is 5.75 Å². The van der Waals surface area contributed by atoms with Gasteiger partial charge in [0.1, 0.15) is 30.2 Å². The smallest absolute Gasteiger partial charge is 0.310 e. The van der Waals surface area contributed by atoms with Gasteiger partial charge in [-0.25, -0.2) is 8.78 Å². The largest absolute Gasteiger partial charge is 0.502 e. The standard InChI is InChI=1S/C39H47F2N11O15S2/c40-20-3-1-18(5-21(20)41)11-44-26-16-69-68-15-25(34(43)60)50-37(63)23(9-30(42)55)49-39(65)28-8-19(53)14-51(28)32(57)13-46-35(61)22(6-17-2-4-29(54)27(7-17)52(66)67)47-31(56)12-45-36(62)24(10-33(58)59)48-38(26)64/h1-5,7,19,22-26,28,44,53-54H,6,8-16H2,(H2,42,55)(H2,43,60)(H,45,62)(H,46,61)(H,47,56)(H,48,64)(H,49,65)(H,50,63)(H,58,59)/t19-,22+,23+,24-,25-,26-,28+/m1/s1. The number of hydrogen-bond acceptors (Lipinski definition) is 17. The fraction of sp³-hybridized carbons (Fsp3) is 0.436. The SMILES string of the molecule is NC(=O)C[C@@H]1NC(=O)[C@@H]2C[C@@H](O)CN2C(=O)CNC(=O)[C@H](Cc2ccc(O)c([N+](=O)[O-])c2)NC(=O)CNC(=O)[C@@H](CC(=O)O)NC(=O)[C@H](NCc2ccc(F)c(F)c2)CSSC[C@H](C(N)=O)NC1=O. The van der Waals surface area contributed by atoms with Crippen molar-refractivity contribution in [2.75, 3.05) is 31.1 Å². The number of aliphatic carboxylic acids is 1. The Morgan fingerprint density at radius 1 is 0.797 bits per heavy atom. The summed E-state index contributed by atoms with van der Waals surface area (Å²) in [5.74, 6) is -15.1. The van der Waals surface area contributed by atoms with E-state index in [0.717, 1.165) is 50.8 Å². The van der Waals surface area contributed by atoms with E-state index in [0.29, 0.717) is 0 Å². The number of carboxylic acid groups (broad SMARTS) is 1. The summed E-state index contributed by atoms with van der Waals surface area (Å²) in [6.07, 6.45) is -4.10. The molecule has 7 atom stereocenters. The summed E-state index contributed by atoms with van der Waals surface area (Å²) in [5, 5.41) is 57.8. The van der Waals surface area contributed by atoms with Gasteiger partial charge >= 0.3 is 11.7 Å². The van der Waals surface area contributed by atoms with Gasteiger partial charge in [0.05, 0.1) is 43.0 Å². The van der Waals surface area contributed by atoms with Gasteiger partial charge in [0, 0.05) is 43.5 Å². The van der Waals surface area contributed by atoms with E-state index in [1.54, 1.807) is 0 Å². The van der Waals surface area contributed by atoms with E-state index >= 15 is 0 Å². The van der Waals surface area contributed by atoms with Crippen LogP contribution in [0.25, 0.3) is 0 Å². The number of nitrogens with two attached hydrogens (primary N) is 2. The maximum absolute atomic E-state index is 14.0. The van der Waals surface area contributed by atoms with Crippen molar-refractivity contribution in [3.05, 3.63) is 69.3 Å². The zero-order valence-corrected chi connectivity index (χ0v) is 37.6. The summed E-state index contributed by atoms with van der Waals surface area (Å²) < 4.78 is 27.7. The number of nitro groups is 1. The first-order valence-corrected chi connectivity index (χ1v) is 22.9. The third-order valence-electron chi connectivity index (χ3n) is 10.2. The van der Waals surface area contributed by atoms with Crippen molar-refractivity contribution in [2.24, 2.45) is 11.5 Å². The highest BCUT2D eigenvalue weighted by Gasteiger charge is 2.41. The monoisotopic (exact) mass is 1010 g/mol. The first kappa shape index (κ1) is 54.4. The summed E-state index contributed by atoms with van der Waals surface area (Å²) >= 11 is 0. The number of carbonyl (C=O) groups excluding carboxylic acids is 9. The Balaban J connectivity index is 1.68. The Kier molecular flexibility index (Phi) is 19.9. The minimum Gasteiger partial charge on any atom is -0.502 e. The number of benzene rings is 2. The molecule has 0 bridgehead atoms. The van der Waals surface area contributed by atoms with Crippen LogP contribution in [0.15, 0.2) is 36.4 Å². The van der Waals surface area contributed by atoms with Crippen LogP contribution in [0, 0.1) is 21.7 Å². The van der Waals surface area contributed by atoms with Gasteiger partial charge < -0.3 is 68.9 Å². The molecule has 69 heavy (non-hydrogen) atoms. The van der Waals surface area contributed by atoms with Crippen LogP contribution in [0.5, 0.6) is 5.75 Å². The fourth-order valence-corrected chi connectivity index (χ4v) is 9.08. The van der Waals surface area contributed by atoms with Crippen LogP contribution in [0.3, 0.4) is 0 Å². The molecule has 2 aliphatic rings. The summed E-state index contributed by atoms with van der Waals surface area (Å²) in [4.78, 5) is 142. The highest BCUT2D eigenvalue weighted by molar-refractivity contribution is 8.76. The van der Waals surface area contributed by atoms with Crippen molar-refractivity contribution in [1.82, 2.24) is 42.1 Å². The van der Waals surface area contributed by atoms with Crippen LogP contribution in [0.4, 0.5) is 14.5 Å². The fourth-order valence-electron chi connectivity index (χ4n) is 6.70. The van der Waals surface area contributed by atoms with Crippen molar-refractivity contribution in [1.29, 1.82) is 0 Å². The molecule has 26 nitrogen and oxygen atoms in total. The molecule has 0 aliphatic carbocycles. The van der Waals surface area contributed by atoms with Gasteiger partial charge in [0.15, 0.2) is 17.4 Å². The van der Waals surface area contributed by atoms with Gasteiger partial charge in [-0.2, -0.15) is 0 Å². The number of nitrogens with zero attached hydrogens (tertiary/aromatic N) is 2. The van der Waals surface area contributed by atoms with Gasteiger partial charge in [-0.05, 0) is 29.3 Å². The second kappa shape index (κ2) is 25.3. The number of phenols is 1. The molecule has 2 aliphatic heterocycles. The Labute approximate surface area is 396 Å². The number of aromatic hydroxyl groups is 1. The van der Waals surface area contributed by atoms with E-state index in [4.69, 9.17) is 11.5 Å². The minimum absolute atomic E-state index is 0.000371. The number of carboxylic acids is 1. The van der Waals surface area contributed by atoms with E-state index in [2.05, 4.69) is 37.2 Å². The summed E-state index contributed by atoms with van der Waals surface area (Å²) in [6, 6.07) is -3.86. The lowest BCUT2D eigenvalue weighted by Gasteiger charge is -2.27. The molecule has 374 valence electrons. The molecule has 30 heteroatoms. The topological polar surface area (TPSA) is 414 Å². The molecule has 2 aromatic carbocycles. The number of primary amides is 2. The molecule has 0 radical (unpaired) electrons. The van der Waals surface area contributed by atoms with Gasteiger partial charge in [-0.15, -0.1) is 0 Å². The molecular weight excluding hydrogens is 965 g/mol. The van der Waals surface area contributed by atoms with Gasteiger partial charge in [-0.1, -0.05) is 33.7 Å². The molecule has 2 heterocycles. The Morgan fingerprint density at radius 2 is 1.43 bits per heavy atom. The number of hydrogen-bond donors (Lipinski definition) is 12. The van der Waals surface area contributed by atoms with E-state index < -0.39 is 168 Å². The number of aliphatic hydroxyl groups is 1. The molecule has 9 amide bonds. The number of nitro benzene ring substituents is 1. The lowest BCUT2D eigenvalue weighted by atomic mass is 10.0. The van der Waals surface area contributed by atoms with Gasteiger partial charge in [0.25, 0.3) is 0 Å². The number of rotatable bonds is 11. The summed E-state index contributed by atoms with van der Waals surface area (Å²) in [6.45, 7) is -2.62. The van der Waals surface area contributed by atoms with Crippen molar-refractivity contribution >= 4 is 86.4 Å². The average Bonchev–Trinajstić information content (AvgIpc) is 3.68. The van der Waals surface area contributed by atoms with Crippen molar-refractivity contribution in [2.45, 2.75) is 74.6 Å². The number of carbonyl (C=O) groups is 10. The highest BCUT2D eigenvalue weighted by atomic mass is 33.1. The summed E-state index contributed by atoms with van der Waals surface area (Å²) in [7, 11) is 1.74. The summed E-state index contributed by atoms with van der Waals surface area (Å²) in [5.41, 5.74) is 10.2. The van der Waals surface area contributed by atoms with E-state index in [9.17, 15) is 82.2 Å². The van der Waals surface area contributed by atoms with Gasteiger partial charge in [0.2, 0.25) is 53.2 Å². The Hall–Kier alpha value is -7.18. The molecule has 2 fully saturated rings. The third kappa shape index (κ3) is 16.5. The van der Waals surface area contributed by atoms with Crippen LogP contribution in [-0.2, 0) is 60.9 Å². The van der Waals surface area contributed by atoms with Crippen LogP contribution in [0.2, 0.25) is 0 Å². The average molecular weight is 1010 g/mol. The number of fused-ring (bicyclic) bond motifs is 1. The zero-order chi connectivity index (χ0) is 51.1. The molecule has 4 rings (SSSR count). The van der Waals surface area contributed by atoms with E-state index in [1.165, 1.54) is 12.1 Å². The normalized spacial score (nSPS) is 24.1. The first-order valence-electron chi connectivity index (χ1n) is 20.4.